The van der Waals surface area contributed by atoms with E-state index in [9.17, 15) is 9.59 Å². The van der Waals surface area contributed by atoms with Crippen LogP contribution in [0.3, 0.4) is 0 Å². The van der Waals surface area contributed by atoms with Gasteiger partial charge in [0.05, 0.1) is 6.26 Å². The molecule has 7 heteroatoms. The van der Waals surface area contributed by atoms with Crippen LogP contribution < -0.4 is 16.0 Å². The molecule has 1 aliphatic heterocycles. The van der Waals surface area contributed by atoms with Crippen LogP contribution in [-0.4, -0.2) is 24.9 Å². The molecule has 1 unspecified atom stereocenters. The van der Waals surface area contributed by atoms with Crippen molar-refractivity contribution in [1.29, 1.82) is 0 Å². The molecule has 144 valence electrons. The molecular weight excluding hydrogens is 366 g/mol. The van der Waals surface area contributed by atoms with Crippen molar-refractivity contribution in [1.82, 2.24) is 5.32 Å². The molecular formula is C20H24ClN3O3. The number of benzene rings is 1. The Morgan fingerprint density at radius 3 is 2.63 bits per heavy atom. The van der Waals surface area contributed by atoms with Gasteiger partial charge in [0.2, 0.25) is 5.91 Å². The fourth-order valence-electron chi connectivity index (χ4n) is 3.90. The summed E-state index contributed by atoms with van der Waals surface area (Å²) in [6.07, 6.45) is 4.63. The van der Waals surface area contributed by atoms with Crippen LogP contribution in [0.25, 0.3) is 0 Å². The van der Waals surface area contributed by atoms with Crippen molar-refractivity contribution in [2.75, 3.05) is 23.7 Å². The lowest BCUT2D eigenvalue weighted by Crippen LogP contribution is -2.31. The van der Waals surface area contributed by atoms with Crippen LogP contribution in [0.4, 0.5) is 11.4 Å². The smallest absolute Gasteiger partial charge is 0.291 e. The van der Waals surface area contributed by atoms with Gasteiger partial charge in [-0.2, -0.15) is 0 Å². The number of rotatable bonds is 4. The summed E-state index contributed by atoms with van der Waals surface area (Å²) in [7, 11) is 0. The molecule has 1 saturated carbocycles. The third-order valence-corrected chi connectivity index (χ3v) is 5.59. The Kier molecular flexibility index (Phi) is 5.58. The summed E-state index contributed by atoms with van der Waals surface area (Å²) in [5, 5.41) is 9.21. The molecule has 1 atom stereocenters. The SMILES string of the molecule is Cc1cc(NC(=O)C2CC23CCNCC3)ccc1NC(=O)c1ccco1.Cl. The number of nitrogens with one attached hydrogen (secondary N) is 3. The Hall–Kier alpha value is -2.31. The van der Waals surface area contributed by atoms with Gasteiger partial charge in [-0.25, -0.2) is 0 Å². The third kappa shape index (κ3) is 4.01. The lowest BCUT2D eigenvalue weighted by molar-refractivity contribution is -0.118. The van der Waals surface area contributed by atoms with Gasteiger partial charge in [-0.1, -0.05) is 0 Å². The number of anilines is 2. The van der Waals surface area contributed by atoms with Crippen LogP contribution in [-0.2, 0) is 4.79 Å². The monoisotopic (exact) mass is 389 g/mol. The number of hydrogen-bond donors (Lipinski definition) is 3. The molecule has 3 N–H and O–H groups in total. The zero-order valence-corrected chi connectivity index (χ0v) is 16.0. The highest BCUT2D eigenvalue weighted by atomic mass is 35.5. The topological polar surface area (TPSA) is 83.4 Å². The second kappa shape index (κ2) is 7.74. The number of carbonyl (C=O) groups is 2. The van der Waals surface area contributed by atoms with Crippen molar-refractivity contribution in [3.63, 3.8) is 0 Å². The van der Waals surface area contributed by atoms with Crippen LogP contribution >= 0.6 is 12.4 Å². The Labute approximate surface area is 164 Å². The van der Waals surface area contributed by atoms with Crippen LogP contribution in [0.2, 0.25) is 0 Å². The van der Waals surface area contributed by atoms with Crippen molar-refractivity contribution in [3.05, 3.63) is 47.9 Å². The van der Waals surface area contributed by atoms with E-state index in [1.807, 2.05) is 19.1 Å². The second-order valence-corrected chi connectivity index (χ2v) is 7.32. The van der Waals surface area contributed by atoms with Crippen molar-refractivity contribution in [3.8, 4) is 0 Å². The maximum atomic E-state index is 12.6. The summed E-state index contributed by atoms with van der Waals surface area (Å²) < 4.78 is 5.10. The zero-order chi connectivity index (χ0) is 18.1. The quantitative estimate of drug-likeness (QED) is 0.746. The fraction of sp³-hybridized carbons (Fsp3) is 0.400. The summed E-state index contributed by atoms with van der Waals surface area (Å²) >= 11 is 0. The highest BCUT2D eigenvalue weighted by Gasteiger charge is 2.57. The van der Waals surface area contributed by atoms with Gasteiger partial charge in [-0.15, -0.1) is 12.4 Å². The molecule has 27 heavy (non-hydrogen) atoms. The normalized spacial score (nSPS) is 19.8. The lowest BCUT2D eigenvalue weighted by Gasteiger charge is -2.23. The largest absolute Gasteiger partial charge is 0.459 e. The van der Waals surface area contributed by atoms with E-state index in [-0.39, 0.29) is 41.3 Å². The molecule has 0 radical (unpaired) electrons. The molecule has 2 aliphatic rings. The minimum atomic E-state index is -0.291. The van der Waals surface area contributed by atoms with Gasteiger partial charge in [0, 0.05) is 17.3 Å². The minimum Gasteiger partial charge on any atom is -0.459 e. The maximum absolute atomic E-state index is 12.6. The maximum Gasteiger partial charge on any atom is 0.291 e. The first-order valence-electron chi connectivity index (χ1n) is 9.04. The summed E-state index contributed by atoms with van der Waals surface area (Å²) in [5.74, 6) is 0.213. The molecule has 1 aromatic heterocycles. The van der Waals surface area contributed by atoms with E-state index in [4.69, 9.17) is 4.42 Å². The lowest BCUT2D eigenvalue weighted by atomic mass is 9.92. The first kappa shape index (κ1) is 19.5. The molecule has 1 spiro atoms. The Bertz CT molecular complexity index is 829. The molecule has 2 fully saturated rings. The molecule has 1 saturated heterocycles. The van der Waals surface area contributed by atoms with Crippen molar-refractivity contribution >= 4 is 35.6 Å². The van der Waals surface area contributed by atoms with Gasteiger partial charge in [0.1, 0.15) is 0 Å². The average molecular weight is 390 g/mol. The Morgan fingerprint density at radius 2 is 1.96 bits per heavy atom. The van der Waals surface area contributed by atoms with Gasteiger partial charge < -0.3 is 20.4 Å². The number of furan rings is 1. The van der Waals surface area contributed by atoms with Gasteiger partial charge in [-0.05, 0) is 80.6 Å². The van der Waals surface area contributed by atoms with Crippen LogP contribution in [0.1, 0.15) is 35.4 Å². The van der Waals surface area contributed by atoms with E-state index >= 15 is 0 Å². The standard InChI is InChI=1S/C20H23N3O3.ClH/c1-13-11-14(4-5-16(13)23-19(25)17-3-2-10-26-17)22-18(24)15-12-20(15)6-8-21-9-7-20;/h2-5,10-11,15,21H,6-9,12H2,1H3,(H,22,24)(H,23,25);1H. The summed E-state index contributed by atoms with van der Waals surface area (Å²) in [4.78, 5) is 24.6. The number of halogens is 1. The number of piperidine rings is 1. The summed E-state index contributed by atoms with van der Waals surface area (Å²) in [5.41, 5.74) is 2.57. The second-order valence-electron chi connectivity index (χ2n) is 7.32. The highest BCUT2D eigenvalue weighted by molar-refractivity contribution is 6.03. The Balaban J connectivity index is 0.00000210. The van der Waals surface area contributed by atoms with Crippen molar-refractivity contribution in [2.45, 2.75) is 26.2 Å². The van der Waals surface area contributed by atoms with E-state index in [2.05, 4.69) is 16.0 Å². The highest BCUT2D eigenvalue weighted by Crippen LogP contribution is 2.58. The molecule has 2 aromatic rings. The van der Waals surface area contributed by atoms with Crippen LogP contribution in [0.15, 0.2) is 41.0 Å². The van der Waals surface area contributed by atoms with E-state index in [0.717, 1.165) is 43.6 Å². The van der Waals surface area contributed by atoms with Gasteiger partial charge >= 0.3 is 0 Å². The van der Waals surface area contributed by atoms with E-state index in [0.29, 0.717) is 5.69 Å². The van der Waals surface area contributed by atoms with Crippen molar-refractivity contribution < 1.29 is 14.0 Å². The van der Waals surface area contributed by atoms with E-state index < -0.39 is 0 Å². The van der Waals surface area contributed by atoms with Crippen LogP contribution in [0, 0.1) is 18.3 Å². The number of carbonyl (C=O) groups excluding carboxylic acids is 2. The first-order valence-corrected chi connectivity index (χ1v) is 9.04. The summed E-state index contributed by atoms with van der Waals surface area (Å²) in [6, 6.07) is 8.80. The molecule has 1 aromatic carbocycles. The van der Waals surface area contributed by atoms with Gasteiger partial charge in [0.15, 0.2) is 5.76 Å². The first-order chi connectivity index (χ1) is 12.6. The van der Waals surface area contributed by atoms with Crippen molar-refractivity contribution in [2.24, 2.45) is 11.3 Å². The molecule has 6 nitrogen and oxygen atoms in total. The van der Waals surface area contributed by atoms with E-state index in [1.54, 1.807) is 18.2 Å². The summed E-state index contributed by atoms with van der Waals surface area (Å²) in [6.45, 7) is 3.92. The molecule has 0 bridgehead atoms. The van der Waals surface area contributed by atoms with E-state index in [1.165, 1.54) is 6.26 Å². The molecule has 4 rings (SSSR count). The number of hydrogen-bond acceptors (Lipinski definition) is 4. The fourth-order valence-corrected chi connectivity index (χ4v) is 3.90. The van der Waals surface area contributed by atoms with Gasteiger partial charge in [0.25, 0.3) is 5.91 Å². The van der Waals surface area contributed by atoms with Crippen LogP contribution in [0.5, 0.6) is 0 Å². The van der Waals surface area contributed by atoms with Gasteiger partial charge in [-0.3, -0.25) is 9.59 Å². The predicted molar refractivity (Wildman–Crippen MR) is 106 cm³/mol. The number of aryl methyl sites for hydroxylation is 1. The minimum absolute atomic E-state index is 0. The molecule has 2 amide bonds. The number of amides is 2. The average Bonchev–Trinajstić information content (AvgIpc) is 3.07. The third-order valence-electron chi connectivity index (χ3n) is 5.59. The Morgan fingerprint density at radius 1 is 1.19 bits per heavy atom. The zero-order valence-electron chi connectivity index (χ0n) is 15.2. The predicted octanol–water partition coefficient (Wildman–Crippen LogP) is 3.59. The molecule has 2 heterocycles. The molecule has 1 aliphatic carbocycles.